The van der Waals surface area contributed by atoms with Gasteiger partial charge in [0.05, 0.1) is 17.9 Å². The Hall–Kier alpha value is -2.27. The Morgan fingerprint density at radius 3 is 2.79 bits per heavy atom. The molecule has 0 aromatic heterocycles. The summed E-state index contributed by atoms with van der Waals surface area (Å²) in [6.07, 6.45) is 0. The predicted molar refractivity (Wildman–Crippen MR) is 69.6 cm³/mol. The number of sulfonamides is 1. The van der Waals surface area contributed by atoms with E-state index in [1.54, 1.807) is 6.92 Å². The molecule has 0 aliphatic carbocycles. The van der Waals surface area contributed by atoms with Crippen LogP contribution in [0.2, 0.25) is 0 Å². The van der Waals surface area contributed by atoms with Gasteiger partial charge >= 0.3 is 5.97 Å². The highest BCUT2D eigenvalue weighted by Crippen LogP contribution is 2.19. The molecule has 0 saturated carbocycles. The monoisotopic (exact) mass is 283 g/mol. The number of rotatable bonds is 5. The smallest absolute Gasteiger partial charge is 0.323 e. The van der Waals surface area contributed by atoms with Crippen LogP contribution < -0.4 is 10.5 Å². The summed E-state index contributed by atoms with van der Waals surface area (Å²) in [4.78, 5) is 11.1. The molecule has 0 unspecified atom stereocenters. The van der Waals surface area contributed by atoms with Crippen molar-refractivity contribution in [2.24, 2.45) is 0 Å². The zero-order chi connectivity index (χ0) is 14.5. The first-order valence-electron chi connectivity index (χ1n) is 5.33. The number of nitrogens with zero attached hydrogens (tertiary/aromatic N) is 1. The molecule has 0 spiro atoms. The van der Waals surface area contributed by atoms with E-state index in [-0.39, 0.29) is 17.9 Å². The molecule has 8 heteroatoms. The summed E-state index contributed by atoms with van der Waals surface area (Å²) >= 11 is 0. The summed E-state index contributed by atoms with van der Waals surface area (Å²) in [6.45, 7) is 1.67. The lowest BCUT2D eigenvalue weighted by molar-refractivity contribution is -0.139. The molecule has 0 amide bonds. The van der Waals surface area contributed by atoms with E-state index in [4.69, 9.17) is 11.0 Å². The average molecular weight is 283 g/mol. The number of anilines is 2. The van der Waals surface area contributed by atoms with Crippen molar-refractivity contribution in [3.63, 3.8) is 0 Å². The Morgan fingerprint density at radius 1 is 1.53 bits per heavy atom. The fourth-order valence-electron chi connectivity index (χ4n) is 1.30. The molecule has 19 heavy (non-hydrogen) atoms. The lowest BCUT2D eigenvalue weighted by Gasteiger charge is -2.09. The molecule has 0 aliphatic heterocycles. The normalized spacial score (nSPS) is 10.5. The molecule has 1 aromatic rings. The van der Waals surface area contributed by atoms with Crippen molar-refractivity contribution in [1.82, 2.24) is 0 Å². The number of esters is 1. The summed E-state index contributed by atoms with van der Waals surface area (Å²) in [6, 6.07) is 5.96. The largest absolute Gasteiger partial charge is 0.465 e. The van der Waals surface area contributed by atoms with Gasteiger partial charge < -0.3 is 10.5 Å². The second-order valence-electron chi connectivity index (χ2n) is 3.58. The molecule has 7 nitrogen and oxygen atoms in total. The van der Waals surface area contributed by atoms with Crippen molar-refractivity contribution in [1.29, 1.82) is 5.26 Å². The first kappa shape index (κ1) is 14.8. The number of nitriles is 1. The van der Waals surface area contributed by atoms with Gasteiger partial charge in [-0.3, -0.25) is 9.52 Å². The third kappa shape index (κ3) is 4.48. The fraction of sp³-hybridized carbons (Fsp3) is 0.273. The predicted octanol–water partition coefficient (Wildman–Crippen LogP) is 0.445. The Bertz CT molecular complexity index is 619. The Balaban J connectivity index is 2.90. The van der Waals surface area contributed by atoms with Crippen LogP contribution in [-0.4, -0.2) is 26.7 Å². The summed E-state index contributed by atoms with van der Waals surface area (Å²) in [5.41, 5.74) is 5.97. The summed E-state index contributed by atoms with van der Waals surface area (Å²) in [7, 11) is -3.92. The van der Waals surface area contributed by atoms with Crippen LogP contribution in [0.25, 0.3) is 0 Å². The van der Waals surface area contributed by atoms with Crippen LogP contribution in [0.3, 0.4) is 0 Å². The molecule has 102 valence electrons. The standard InChI is InChI=1S/C11H13N3O4S/c1-2-18-11(15)7-19(16,17)14-10-4-3-9(13)5-8(10)6-12/h3-5,14H,2,7,13H2,1H3. The number of nitrogens with one attached hydrogen (secondary N) is 1. The minimum Gasteiger partial charge on any atom is -0.465 e. The zero-order valence-corrected chi connectivity index (χ0v) is 11.0. The van der Waals surface area contributed by atoms with Crippen molar-refractivity contribution in [2.45, 2.75) is 6.92 Å². The number of carbonyl (C=O) groups is 1. The number of hydrogen-bond acceptors (Lipinski definition) is 6. The molecule has 1 rings (SSSR count). The molecular weight excluding hydrogens is 270 g/mol. The van der Waals surface area contributed by atoms with Crippen molar-refractivity contribution < 1.29 is 17.9 Å². The van der Waals surface area contributed by atoms with Gasteiger partial charge in [-0.05, 0) is 25.1 Å². The van der Waals surface area contributed by atoms with Crippen molar-refractivity contribution in [3.8, 4) is 6.07 Å². The molecule has 3 N–H and O–H groups in total. The Kier molecular flexibility index (Phi) is 4.72. The highest BCUT2D eigenvalue weighted by Gasteiger charge is 2.18. The molecule has 0 saturated heterocycles. The van der Waals surface area contributed by atoms with Gasteiger partial charge in [-0.1, -0.05) is 0 Å². The third-order valence-electron chi connectivity index (χ3n) is 2.04. The van der Waals surface area contributed by atoms with Gasteiger partial charge in [0.2, 0.25) is 10.0 Å². The lowest BCUT2D eigenvalue weighted by atomic mass is 10.2. The minimum atomic E-state index is -3.92. The summed E-state index contributed by atoms with van der Waals surface area (Å²) in [5.74, 6) is -1.67. The van der Waals surface area contributed by atoms with Crippen LogP contribution in [0.1, 0.15) is 12.5 Å². The van der Waals surface area contributed by atoms with Crippen LogP contribution >= 0.6 is 0 Å². The maximum Gasteiger partial charge on any atom is 0.323 e. The molecule has 0 radical (unpaired) electrons. The number of ether oxygens (including phenoxy) is 1. The second kappa shape index (κ2) is 6.06. The Morgan fingerprint density at radius 2 is 2.21 bits per heavy atom. The number of nitrogens with two attached hydrogens (primary N) is 1. The summed E-state index contributed by atoms with van der Waals surface area (Å²) in [5, 5.41) is 8.87. The third-order valence-corrected chi connectivity index (χ3v) is 3.19. The SMILES string of the molecule is CCOC(=O)CS(=O)(=O)Nc1ccc(N)cc1C#N. The van der Waals surface area contributed by atoms with E-state index in [2.05, 4.69) is 9.46 Å². The average Bonchev–Trinajstić information content (AvgIpc) is 2.30. The van der Waals surface area contributed by atoms with Gasteiger partial charge in [0.25, 0.3) is 0 Å². The van der Waals surface area contributed by atoms with Crippen molar-refractivity contribution in [2.75, 3.05) is 22.8 Å². The molecule has 0 bridgehead atoms. The van der Waals surface area contributed by atoms with Crippen LogP contribution in [-0.2, 0) is 19.6 Å². The number of carbonyl (C=O) groups excluding carboxylic acids is 1. The van der Waals surface area contributed by atoms with Gasteiger partial charge in [-0.15, -0.1) is 0 Å². The maximum atomic E-state index is 11.7. The van der Waals surface area contributed by atoms with E-state index in [0.717, 1.165) is 0 Å². The molecule has 1 aromatic carbocycles. The van der Waals surface area contributed by atoms with Gasteiger partial charge in [-0.2, -0.15) is 5.26 Å². The lowest BCUT2D eigenvalue weighted by Crippen LogP contribution is -2.24. The van der Waals surface area contributed by atoms with E-state index in [0.29, 0.717) is 5.69 Å². The van der Waals surface area contributed by atoms with Crippen molar-refractivity contribution in [3.05, 3.63) is 23.8 Å². The molecule has 0 atom stereocenters. The number of nitrogen functional groups attached to an aromatic ring is 1. The molecule has 0 heterocycles. The van der Waals surface area contributed by atoms with Crippen LogP contribution in [0.5, 0.6) is 0 Å². The first-order valence-corrected chi connectivity index (χ1v) is 6.99. The molecule has 0 aliphatic rings. The van der Waals surface area contributed by atoms with Crippen LogP contribution in [0.15, 0.2) is 18.2 Å². The molecular formula is C11H13N3O4S. The van der Waals surface area contributed by atoms with E-state index in [1.165, 1.54) is 18.2 Å². The molecule has 0 fully saturated rings. The highest BCUT2D eigenvalue weighted by atomic mass is 32.2. The zero-order valence-electron chi connectivity index (χ0n) is 10.2. The van der Waals surface area contributed by atoms with Crippen LogP contribution in [0.4, 0.5) is 11.4 Å². The summed E-state index contributed by atoms with van der Waals surface area (Å²) < 4.78 is 30.1. The van der Waals surface area contributed by atoms with E-state index in [1.807, 2.05) is 6.07 Å². The quantitative estimate of drug-likeness (QED) is 0.597. The van der Waals surface area contributed by atoms with Gasteiger partial charge in [0.1, 0.15) is 6.07 Å². The van der Waals surface area contributed by atoms with E-state index < -0.39 is 21.7 Å². The topological polar surface area (TPSA) is 122 Å². The number of benzene rings is 1. The minimum absolute atomic E-state index is 0.0704. The van der Waals surface area contributed by atoms with E-state index >= 15 is 0 Å². The first-order chi connectivity index (χ1) is 8.88. The van der Waals surface area contributed by atoms with Gasteiger partial charge in [0, 0.05) is 5.69 Å². The van der Waals surface area contributed by atoms with Crippen molar-refractivity contribution >= 4 is 27.4 Å². The Labute approximate surface area is 111 Å². The van der Waals surface area contributed by atoms with Crippen LogP contribution in [0, 0.1) is 11.3 Å². The maximum absolute atomic E-state index is 11.7. The number of hydrogen-bond donors (Lipinski definition) is 2. The van der Waals surface area contributed by atoms with E-state index in [9.17, 15) is 13.2 Å². The van der Waals surface area contributed by atoms with Gasteiger partial charge in [-0.25, -0.2) is 8.42 Å². The highest BCUT2D eigenvalue weighted by molar-refractivity contribution is 7.93. The van der Waals surface area contributed by atoms with Gasteiger partial charge in [0.15, 0.2) is 5.75 Å². The second-order valence-corrected chi connectivity index (χ2v) is 5.31. The fourth-order valence-corrected chi connectivity index (χ4v) is 2.28.